The number of sulfonamides is 1. The molecule has 0 atom stereocenters. The fraction of sp³-hybridized carbons (Fsp3) is 0.500. The lowest BCUT2D eigenvalue weighted by Crippen LogP contribution is -2.54. The first-order valence-electron chi connectivity index (χ1n) is 6.28. The molecule has 8 heteroatoms. The van der Waals surface area contributed by atoms with Crippen LogP contribution in [0.5, 0.6) is 0 Å². The molecule has 0 aromatic heterocycles. The topological polar surface area (TPSA) is 115 Å². The van der Waals surface area contributed by atoms with Gasteiger partial charge >= 0.3 is 0 Å². The average molecular weight is 299 g/mol. The van der Waals surface area contributed by atoms with Gasteiger partial charge in [0.2, 0.25) is 10.0 Å². The Kier molecular flexibility index (Phi) is 3.81. The van der Waals surface area contributed by atoms with Gasteiger partial charge in [0.1, 0.15) is 0 Å². The van der Waals surface area contributed by atoms with Gasteiger partial charge in [0.15, 0.2) is 4.90 Å². The van der Waals surface area contributed by atoms with Crippen molar-refractivity contribution in [3.63, 3.8) is 0 Å². The minimum Gasteiger partial charge on any atom is -0.324 e. The largest absolute Gasteiger partial charge is 0.324 e. The number of nitro benzene ring substituents is 1. The van der Waals surface area contributed by atoms with Crippen LogP contribution in [0.4, 0.5) is 5.69 Å². The third-order valence-corrected chi connectivity index (χ3v) is 5.21. The van der Waals surface area contributed by atoms with Gasteiger partial charge in [0.05, 0.1) is 4.92 Å². The Balaban J connectivity index is 2.31. The quantitative estimate of drug-likeness (QED) is 0.623. The summed E-state index contributed by atoms with van der Waals surface area (Å²) in [5.41, 5.74) is 5.36. The fourth-order valence-corrected chi connectivity index (χ4v) is 3.78. The smallest absolute Gasteiger partial charge is 0.289 e. The van der Waals surface area contributed by atoms with E-state index < -0.39 is 26.2 Å². The molecular formula is C12H17N3O4S. The summed E-state index contributed by atoms with van der Waals surface area (Å²) in [5.74, 6) is 0. The second-order valence-corrected chi connectivity index (χ2v) is 6.92. The van der Waals surface area contributed by atoms with Crippen molar-refractivity contribution in [2.24, 2.45) is 5.73 Å². The maximum atomic E-state index is 12.3. The molecule has 1 aromatic rings. The highest BCUT2D eigenvalue weighted by atomic mass is 32.2. The molecule has 0 radical (unpaired) electrons. The van der Waals surface area contributed by atoms with Crippen molar-refractivity contribution in [1.82, 2.24) is 4.72 Å². The molecule has 0 bridgehead atoms. The normalized spacial score (nSPS) is 17.5. The van der Waals surface area contributed by atoms with Gasteiger partial charge < -0.3 is 5.73 Å². The van der Waals surface area contributed by atoms with E-state index >= 15 is 0 Å². The van der Waals surface area contributed by atoms with Crippen LogP contribution in [0.3, 0.4) is 0 Å². The number of nitrogens with two attached hydrogens (primary N) is 1. The van der Waals surface area contributed by atoms with Crippen LogP contribution in [0.15, 0.2) is 23.1 Å². The number of nitro groups is 1. The summed E-state index contributed by atoms with van der Waals surface area (Å²) in [5, 5.41) is 11.0. The average Bonchev–Trinajstić information content (AvgIpc) is 2.33. The Morgan fingerprint density at radius 2 is 2.10 bits per heavy atom. The lowest BCUT2D eigenvalue weighted by atomic mass is 9.78. The summed E-state index contributed by atoms with van der Waals surface area (Å²) in [6, 6.07) is 4.18. The molecule has 7 nitrogen and oxygen atoms in total. The maximum absolute atomic E-state index is 12.3. The molecule has 0 aliphatic heterocycles. The van der Waals surface area contributed by atoms with Crippen LogP contribution < -0.4 is 10.5 Å². The first kappa shape index (κ1) is 14.9. The molecule has 1 saturated carbocycles. The van der Waals surface area contributed by atoms with Crippen LogP contribution in [-0.4, -0.2) is 25.4 Å². The van der Waals surface area contributed by atoms with Gasteiger partial charge in [0, 0.05) is 18.2 Å². The van der Waals surface area contributed by atoms with Gasteiger partial charge in [-0.2, -0.15) is 0 Å². The van der Waals surface area contributed by atoms with Crippen molar-refractivity contribution in [2.75, 3.05) is 6.54 Å². The van der Waals surface area contributed by atoms with Crippen molar-refractivity contribution in [3.8, 4) is 0 Å². The van der Waals surface area contributed by atoms with Crippen LogP contribution in [0.2, 0.25) is 0 Å². The van der Waals surface area contributed by atoms with Crippen LogP contribution >= 0.6 is 0 Å². The van der Waals surface area contributed by atoms with E-state index in [2.05, 4.69) is 4.72 Å². The van der Waals surface area contributed by atoms with Gasteiger partial charge in [0.25, 0.3) is 5.69 Å². The van der Waals surface area contributed by atoms with E-state index in [4.69, 9.17) is 5.73 Å². The summed E-state index contributed by atoms with van der Waals surface area (Å²) >= 11 is 0. The number of benzene rings is 1. The van der Waals surface area contributed by atoms with E-state index in [1.165, 1.54) is 25.1 Å². The fourth-order valence-electron chi connectivity index (χ4n) is 2.25. The molecule has 1 fully saturated rings. The molecule has 0 amide bonds. The standard InChI is InChI=1S/C12H17N3O4S/c1-9-4-2-5-10(15(16)17)11(9)20(18,19)14-8-12(13)6-3-7-12/h2,4-5,14H,3,6-8,13H2,1H3. The van der Waals surface area contributed by atoms with Crippen LogP contribution in [0, 0.1) is 17.0 Å². The maximum Gasteiger partial charge on any atom is 0.289 e. The number of hydrogen-bond donors (Lipinski definition) is 2. The zero-order valence-electron chi connectivity index (χ0n) is 11.1. The van der Waals surface area contributed by atoms with Crippen molar-refractivity contribution in [2.45, 2.75) is 36.6 Å². The van der Waals surface area contributed by atoms with Gasteiger partial charge in [-0.1, -0.05) is 12.1 Å². The number of rotatable bonds is 5. The highest BCUT2D eigenvalue weighted by Crippen LogP contribution is 2.30. The van der Waals surface area contributed by atoms with E-state index in [1.54, 1.807) is 0 Å². The SMILES string of the molecule is Cc1cccc([N+](=O)[O-])c1S(=O)(=O)NCC1(N)CCC1. The second kappa shape index (κ2) is 5.12. The summed E-state index contributed by atoms with van der Waals surface area (Å²) in [6.45, 7) is 1.63. The Bertz CT molecular complexity index is 638. The highest BCUT2D eigenvalue weighted by Gasteiger charge is 2.35. The molecule has 110 valence electrons. The van der Waals surface area contributed by atoms with Crippen molar-refractivity contribution in [1.29, 1.82) is 0 Å². The summed E-state index contributed by atoms with van der Waals surface area (Å²) < 4.78 is 27.0. The monoisotopic (exact) mass is 299 g/mol. The molecule has 1 aliphatic rings. The zero-order valence-corrected chi connectivity index (χ0v) is 11.9. The second-order valence-electron chi connectivity index (χ2n) is 5.22. The highest BCUT2D eigenvalue weighted by molar-refractivity contribution is 7.89. The molecule has 0 unspecified atom stereocenters. The van der Waals surface area contributed by atoms with Crippen molar-refractivity contribution in [3.05, 3.63) is 33.9 Å². The Labute approximate surface area is 117 Å². The molecule has 0 saturated heterocycles. The summed E-state index contributed by atoms with van der Waals surface area (Å²) in [4.78, 5) is 10.0. The molecule has 1 aliphatic carbocycles. The minimum absolute atomic E-state index is 0.0980. The van der Waals surface area contributed by atoms with E-state index in [1.807, 2.05) is 0 Å². The van der Waals surface area contributed by atoms with Gasteiger partial charge in [-0.3, -0.25) is 10.1 Å². The molecule has 20 heavy (non-hydrogen) atoms. The van der Waals surface area contributed by atoms with Gasteiger partial charge in [-0.05, 0) is 31.7 Å². The minimum atomic E-state index is -3.95. The molecule has 0 heterocycles. The third-order valence-electron chi connectivity index (χ3n) is 3.62. The van der Waals surface area contributed by atoms with Gasteiger partial charge in [-0.15, -0.1) is 0 Å². The van der Waals surface area contributed by atoms with E-state index in [9.17, 15) is 18.5 Å². The number of nitrogens with one attached hydrogen (secondary N) is 1. The predicted octanol–water partition coefficient (Wildman–Crippen LogP) is 1.06. The molecule has 1 aromatic carbocycles. The number of aryl methyl sites for hydroxylation is 1. The summed E-state index contributed by atoms with van der Waals surface area (Å²) in [6.07, 6.45) is 2.49. The predicted molar refractivity (Wildman–Crippen MR) is 73.8 cm³/mol. The van der Waals surface area contributed by atoms with Gasteiger partial charge in [-0.25, -0.2) is 13.1 Å². The molecular weight excluding hydrogens is 282 g/mol. The first-order chi connectivity index (χ1) is 9.25. The molecule has 2 rings (SSSR count). The Morgan fingerprint density at radius 3 is 2.60 bits per heavy atom. The number of nitrogens with zero attached hydrogens (tertiary/aromatic N) is 1. The zero-order chi connectivity index (χ0) is 15.0. The Morgan fingerprint density at radius 1 is 1.45 bits per heavy atom. The van der Waals surface area contributed by atoms with Crippen LogP contribution in [0.25, 0.3) is 0 Å². The Hall–Kier alpha value is -1.51. The lowest BCUT2D eigenvalue weighted by molar-refractivity contribution is -0.387. The van der Waals surface area contributed by atoms with Crippen molar-refractivity contribution < 1.29 is 13.3 Å². The third kappa shape index (κ3) is 2.82. The van der Waals surface area contributed by atoms with Crippen LogP contribution in [-0.2, 0) is 10.0 Å². The summed E-state index contributed by atoms with van der Waals surface area (Å²) in [7, 11) is -3.95. The number of hydrogen-bond acceptors (Lipinski definition) is 5. The lowest BCUT2D eigenvalue weighted by Gasteiger charge is -2.38. The van der Waals surface area contributed by atoms with E-state index in [0.717, 1.165) is 19.3 Å². The molecule has 3 N–H and O–H groups in total. The van der Waals surface area contributed by atoms with E-state index in [-0.39, 0.29) is 11.4 Å². The first-order valence-corrected chi connectivity index (χ1v) is 7.76. The van der Waals surface area contributed by atoms with Crippen LogP contribution in [0.1, 0.15) is 24.8 Å². The van der Waals surface area contributed by atoms with E-state index in [0.29, 0.717) is 5.56 Å². The molecule has 0 spiro atoms. The van der Waals surface area contributed by atoms with Crippen molar-refractivity contribution >= 4 is 15.7 Å².